The maximum absolute atomic E-state index is 14.3. The van der Waals surface area contributed by atoms with E-state index in [1.165, 1.54) is 6.42 Å². The zero-order valence-electron chi connectivity index (χ0n) is 29.3. The highest BCUT2D eigenvalue weighted by Gasteiger charge is 2.37. The molecule has 2 aromatic heterocycles. The minimum atomic E-state index is -0.649. The summed E-state index contributed by atoms with van der Waals surface area (Å²) in [4.78, 5) is 16.8. The number of aromatic nitrogens is 3. The van der Waals surface area contributed by atoms with E-state index in [0.717, 1.165) is 81.6 Å². The molecule has 0 amide bonds. The third-order valence-electron chi connectivity index (χ3n) is 9.84. The second kappa shape index (κ2) is 14.0. The molecule has 3 aliphatic rings. The number of benzene rings is 3. The van der Waals surface area contributed by atoms with Crippen LogP contribution in [0.4, 0.5) is 0 Å². The van der Waals surface area contributed by atoms with E-state index in [-0.39, 0.29) is 18.4 Å². The van der Waals surface area contributed by atoms with Crippen LogP contribution in [-0.2, 0) is 24.8 Å². The lowest BCUT2D eigenvalue weighted by molar-refractivity contribution is 0.00550. The van der Waals surface area contributed by atoms with Crippen molar-refractivity contribution in [2.45, 2.75) is 78.1 Å². The summed E-state index contributed by atoms with van der Waals surface area (Å²) in [5, 5.41) is 12.3. The second-order valence-electron chi connectivity index (χ2n) is 14.5. The van der Waals surface area contributed by atoms with Crippen LogP contribution in [0.5, 0.6) is 5.75 Å². The van der Waals surface area contributed by atoms with Crippen molar-refractivity contribution in [3.8, 4) is 16.9 Å². The van der Waals surface area contributed by atoms with Crippen LogP contribution in [0.2, 0.25) is 5.02 Å². The van der Waals surface area contributed by atoms with Gasteiger partial charge in [-0.05, 0) is 77.0 Å². The van der Waals surface area contributed by atoms with E-state index < -0.39 is 5.60 Å². The SMILES string of the molecule is Cc1nn(C)c(C)c1-c1c(Cl)ccc2c(CCCOc3cccc4ccccc34)c(C(=O)OC(C)(C)C)n(CCN3CC4CC(C3)N4)c12.Cl. The predicted octanol–water partition coefficient (Wildman–Crippen LogP) is 7.90. The van der Waals surface area contributed by atoms with Crippen LogP contribution >= 0.6 is 24.0 Å². The van der Waals surface area contributed by atoms with E-state index in [2.05, 4.69) is 46.0 Å². The first-order valence-corrected chi connectivity index (χ1v) is 17.5. The van der Waals surface area contributed by atoms with Gasteiger partial charge in [0.2, 0.25) is 0 Å². The zero-order chi connectivity index (χ0) is 33.7. The van der Waals surface area contributed by atoms with E-state index in [4.69, 9.17) is 26.2 Å². The Kier molecular flexibility index (Phi) is 10.1. The molecule has 5 aromatic rings. The number of piperidine rings is 1. The van der Waals surface area contributed by atoms with Gasteiger partial charge >= 0.3 is 5.97 Å². The Morgan fingerprint density at radius 1 is 0.980 bits per heavy atom. The number of fused-ring (bicyclic) bond motifs is 4. The molecule has 3 fully saturated rings. The molecule has 2 atom stereocenters. The number of halogens is 2. The van der Waals surface area contributed by atoms with Crippen molar-refractivity contribution in [1.29, 1.82) is 0 Å². The number of ether oxygens (including phenoxy) is 2. The summed E-state index contributed by atoms with van der Waals surface area (Å²) in [5.41, 5.74) is 5.76. The van der Waals surface area contributed by atoms with E-state index in [1.54, 1.807) is 0 Å². The van der Waals surface area contributed by atoms with Gasteiger partial charge in [0.25, 0.3) is 0 Å². The summed E-state index contributed by atoms with van der Waals surface area (Å²) < 4.78 is 16.6. The zero-order valence-corrected chi connectivity index (χ0v) is 30.9. The Labute approximate surface area is 300 Å². The molecule has 5 heterocycles. The Hall–Kier alpha value is -3.56. The van der Waals surface area contributed by atoms with Gasteiger partial charge < -0.3 is 19.4 Å². The lowest BCUT2D eigenvalue weighted by atomic mass is 9.91. The summed E-state index contributed by atoms with van der Waals surface area (Å²) >= 11 is 7.12. The van der Waals surface area contributed by atoms with Crippen molar-refractivity contribution in [3.05, 3.63) is 82.3 Å². The largest absolute Gasteiger partial charge is 0.493 e. The van der Waals surface area contributed by atoms with Crippen LogP contribution < -0.4 is 10.1 Å². The van der Waals surface area contributed by atoms with Crippen molar-refractivity contribution in [3.63, 3.8) is 0 Å². The van der Waals surface area contributed by atoms with Gasteiger partial charge in [0.1, 0.15) is 17.0 Å². The fourth-order valence-corrected chi connectivity index (χ4v) is 7.93. The van der Waals surface area contributed by atoms with Crippen molar-refractivity contribution in [2.24, 2.45) is 7.05 Å². The standard InChI is InChI=1S/C39H46ClN5O3.ClH/c1-24-34(25(2)43(6)42-24)35-32(40)17-16-31-30(14-10-20-47-33-15-9-12-26-11-7-8-13-29(26)33)37(38(46)48-39(3,4)5)45(36(31)35)19-18-44-22-27-21-28(23-44)41-27;/h7-9,11-13,15-17,27-28,41H,10,14,18-23H2,1-6H3;1H. The molecule has 1 N–H and O–H groups in total. The molecule has 2 unspecified atom stereocenters. The molecular weight excluding hydrogens is 657 g/mol. The average molecular weight is 705 g/mol. The van der Waals surface area contributed by atoms with Crippen molar-refractivity contribution < 1.29 is 14.3 Å². The molecule has 0 saturated carbocycles. The summed E-state index contributed by atoms with van der Waals surface area (Å²) in [5.74, 6) is 0.557. The summed E-state index contributed by atoms with van der Waals surface area (Å²) in [6.07, 6.45) is 2.62. The quantitative estimate of drug-likeness (QED) is 0.118. The van der Waals surface area contributed by atoms with E-state index in [9.17, 15) is 4.79 Å². The van der Waals surface area contributed by atoms with Crippen molar-refractivity contribution >= 4 is 51.7 Å². The Morgan fingerprint density at radius 2 is 1.69 bits per heavy atom. The van der Waals surface area contributed by atoms with Gasteiger partial charge in [-0.25, -0.2) is 4.79 Å². The molecular formula is C39H47Cl2N5O3. The number of aryl methyl sites for hydroxylation is 3. The van der Waals surface area contributed by atoms with Crippen LogP contribution in [0.15, 0.2) is 54.6 Å². The molecule has 0 spiro atoms. The average Bonchev–Trinajstić information content (AvgIpc) is 3.48. The summed E-state index contributed by atoms with van der Waals surface area (Å²) in [7, 11) is 1.96. The molecule has 49 heavy (non-hydrogen) atoms. The highest BCUT2D eigenvalue weighted by atomic mass is 35.5. The first-order valence-electron chi connectivity index (χ1n) is 17.1. The smallest absolute Gasteiger partial charge is 0.355 e. The van der Waals surface area contributed by atoms with Crippen molar-refractivity contribution in [2.75, 3.05) is 26.2 Å². The first kappa shape index (κ1) is 35.3. The van der Waals surface area contributed by atoms with Gasteiger partial charge in [0.05, 0.1) is 22.8 Å². The minimum absolute atomic E-state index is 0. The first-order chi connectivity index (χ1) is 23.0. The fourth-order valence-electron chi connectivity index (χ4n) is 7.68. The molecule has 3 aliphatic heterocycles. The minimum Gasteiger partial charge on any atom is -0.493 e. The molecule has 0 radical (unpaired) electrons. The number of hydrogen-bond acceptors (Lipinski definition) is 6. The number of piperazine rings is 1. The molecule has 8 nitrogen and oxygen atoms in total. The number of carbonyl (C=O) groups excluding carboxylic acids is 1. The Bertz CT molecular complexity index is 1990. The van der Waals surface area contributed by atoms with Gasteiger partial charge in [-0.1, -0.05) is 54.1 Å². The van der Waals surface area contributed by atoms with Gasteiger partial charge in [-0.15, -0.1) is 12.4 Å². The van der Waals surface area contributed by atoms with Crippen molar-refractivity contribution in [1.82, 2.24) is 24.6 Å². The predicted molar refractivity (Wildman–Crippen MR) is 201 cm³/mol. The third-order valence-corrected chi connectivity index (χ3v) is 10.2. The third kappa shape index (κ3) is 6.93. The van der Waals surface area contributed by atoms with Gasteiger partial charge in [0, 0.05) is 72.9 Å². The molecule has 3 saturated heterocycles. The molecule has 0 aliphatic carbocycles. The maximum atomic E-state index is 14.3. The molecule has 8 rings (SSSR count). The second-order valence-corrected chi connectivity index (χ2v) is 14.9. The lowest BCUT2D eigenvalue weighted by Crippen LogP contribution is -2.66. The number of hydrogen-bond donors (Lipinski definition) is 1. The number of nitrogens with zero attached hydrogens (tertiary/aromatic N) is 4. The van der Waals surface area contributed by atoms with Crippen LogP contribution in [0.25, 0.3) is 32.8 Å². The van der Waals surface area contributed by atoms with Crippen LogP contribution in [-0.4, -0.2) is 69.1 Å². The highest BCUT2D eigenvalue weighted by Crippen LogP contribution is 2.42. The number of carbonyl (C=O) groups is 1. The van der Waals surface area contributed by atoms with Gasteiger partial charge in [0.15, 0.2) is 0 Å². The van der Waals surface area contributed by atoms with Gasteiger partial charge in [-0.2, -0.15) is 5.10 Å². The molecule has 10 heteroatoms. The molecule has 260 valence electrons. The van der Waals surface area contributed by atoms with Crippen LogP contribution in [0.3, 0.4) is 0 Å². The normalized spacial score (nSPS) is 17.6. The van der Waals surface area contributed by atoms with Crippen LogP contribution in [0, 0.1) is 13.8 Å². The van der Waals surface area contributed by atoms with E-state index in [1.807, 2.05) is 69.8 Å². The monoisotopic (exact) mass is 703 g/mol. The number of esters is 1. The highest BCUT2D eigenvalue weighted by molar-refractivity contribution is 6.35. The molecule has 2 bridgehead atoms. The Morgan fingerprint density at radius 3 is 2.39 bits per heavy atom. The Balaban J connectivity index is 0.00000417. The topological polar surface area (TPSA) is 73.6 Å². The maximum Gasteiger partial charge on any atom is 0.355 e. The van der Waals surface area contributed by atoms with Gasteiger partial charge in [-0.3, -0.25) is 9.58 Å². The lowest BCUT2D eigenvalue weighted by Gasteiger charge is -2.48. The number of rotatable bonds is 10. The molecule has 3 aromatic carbocycles. The summed E-state index contributed by atoms with van der Waals surface area (Å²) in [6.45, 7) is 13.9. The summed E-state index contributed by atoms with van der Waals surface area (Å²) in [6, 6.07) is 19.6. The number of nitrogens with one attached hydrogen (secondary N) is 1. The van der Waals surface area contributed by atoms with E-state index >= 15 is 0 Å². The fraction of sp³-hybridized carbons (Fsp3) is 0.436. The van der Waals surface area contributed by atoms with E-state index in [0.29, 0.717) is 42.4 Å². The van der Waals surface area contributed by atoms with Crippen LogP contribution in [0.1, 0.15) is 61.1 Å².